The molecule has 0 aromatic heterocycles. The summed E-state index contributed by atoms with van der Waals surface area (Å²) < 4.78 is 27.9. The largest absolute Gasteiger partial charge is 0.459 e. The summed E-state index contributed by atoms with van der Waals surface area (Å²) in [6.45, 7) is 5.41. The Kier molecular flexibility index (Phi) is 4.62. The summed E-state index contributed by atoms with van der Waals surface area (Å²) in [4.78, 5) is 11.3. The van der Waals surface area contributed by atoms with Crippen molar-refractivity contribution in [2.45, 2.75) is 39.2 Å². The van der Waals surface area contributed by atoms with Crippen LogP contribution in [0.4, 0.5) is 0 Å². The Balaban J connectivity index is 0.000000487. The summed E-state index contributed by atoms with van der Waals surface area (Å²) in [7, 11) is -2.61. The van der Waals surface area contributed by atoms with E-state index >= 15 is 0 Å². The van der Waals surface area contributed by atoms with E-state index in [1.165, 1.54) is 0 Å². The second-order valence-corrected chi connectivity index (χ2v) is 4.90. The average molecular weight is 246 g/mol. The van der Waals surface area contributed by atoms with E-state index < -0.39 is 21.5 Å². The quantitative estimate of drug-likeness (QED) is 0.700. The van der Waals surface area contributed by atoms with Gasteiger partial charge in [0.2, 0.25) is 0 Å². The Morgan fingerprint density at radius 2 is 1.81 bits per heavy atom. The highest BCUT2D eigenvalue weighted by molar-refractivity contribution is 7.60. The van der Waals surface area contributed by atoms with Crippen LogP contribution in [0.1, 0.15) is 33.6 Å². The van der Waals surface area contributed by atoms with E-state index in [0.717, 1.165) is 0 Å². The van der Waals surface area contributed by atoms with E-state index in [1.807, 2.05) is 6.07 Å². The van der Waals surface area contributed by atoms with E-state index in [0.29, 0.717) is 12.8 Å². The first-order valence-corrected chi connectivity index (χ1v) is 5.66. The molecule has 16 heavy (non-hydrogen) atoms. The molecule has 7 heteroatoms. The molecule has 1 aliphatic carbocycles. The van der Waals surface area contributed by atoms with Crippen LogP contribution in [0.5, 0.6) is 0 Å². The SMILES string of the molecule is CC(C)(C)OC(=O)C1(C#N)CC1.N=S(=O)=O. The third-order valence-electron chi connectivity index (χ3n) is 1.75. The Morgan fingerprint density at radius 3 is 2.00 bits per heavy atom. The summed E-state index contributed by atoms with van der Waals surface area (Å²) in [6.07, 6.45) is 1.30. The van der Waals surface area contributed by atoms with Crippen molar-refractivity contribution in [3.63, 3.8) is 0 Å². The maximum absolute atomic E-state index is 11.3. The zero-order valence-corrected chi connectivity index (χ0v) is 10.2. The Morgan fingerprint density at radius 1 is 1.44 bits per heavy atom. The first kappa shape index (κ1) is 14.6. The summed E-state index contributed by atoms with van der Waals surface area (Å²) in [5.41, 5.74) is -1.28. The van der Waals surface area contributed by atoms with Gasteiger partial charge < -0.3 is 4.74 Å². The third kappa shape index (κ3) is 5.46. The number of carbonyl (C=O) groups excluding carboxylic acids is 1. The van der Waals surface area contributed by atoms with Gasteiger partial charge >= 0.3 is 16.5 Å². The number of nitrogens with one attached hydrogen (secondary N) is 1. The first-order chi connectivity index (χ1) is 7.13. The molecule has 0 aromatic carbocycles. The van der Waals surface area contributed by atoms with E-state index in [9.17, 15) is 4.79 Å². The normalized spacial score (nSPS) is 16.1. The summed E-state index contributed by atoms with van der Waals surface area (Å²) in [5, 5.41) is 8.67. The molecule has 0 amide bonds. The molecule has 0 unspecified atom stereocenters. The fourth-order valence-corrected chi connectivity index (χ4v) is 0.862. The topological polar surface area (TPSA) is 108 Å². The summed E-state index contributed by atoms with van der Waals surface area (Å²) >= 11 is 0. The molecule has 90 valence electrons. The molecule has 1 N–H and O–H groups in total. The van der Waals surface area contributed by atoms with E-state index in [4.69, 9.17) is 23.2 Å². The smallest absolute Gasteiger partial charge is 0.327 e. The zero-order chi connectivity index (χ0) is 13.0. The van der Waals surface area contributed by atoms with Crippen molar-refractivity contribution in [3.8, 4) is 6.07 Å². The molecule has 0 aromatic rings. The molecule has 0 heterocycles. The van der Waals surface area contributed by atoms with Crippen LogP contribution in [0, 0.1) is 21.5 Å². The van der Waals surface area contributed by atoms with Crippen LogP contribution in [-0.2, 0) is 20.0 Å². The first-order valence-electron chi connectivity index (χ1n) is 4.58. The highest BCUT2D eigenvalue weighted by Gasteiger charge is 2.53. The van der Waals surface area contributed by atoms with Crippen LogP contribution < -0.4 is 0 Å². The monoisotopic (exact) mass is 246 g/mol. The van der Waals surface area contributed by atoms with Crippen LogP contribution in [-0.4, -0.2) is 20.0 Å². The fraction of sp³-hybridized carbons (Fsp3) is 0.778. The molecule has 1 aliphatic rings. The van der Waals surface area contributed by atoms with Crippen molar-refractivity contribution in [2.24, 2.45) is 5.41 Å². The van der Waals surface area contributed by atoms with Crippen LogP contribution in [0.3, 0.4) is 0 Å². The summed E-state index contributed by atoms with van der Waals surface area (Å²) in [6, 6.07) is 2.00. The van der Waals surface area contributed by atoms with Crippen molar-refractivity contribution in [1.82, 2.24) is 0 Å². The maximum atomic E-state index is 11.3. The molecule has 0 radical (unpaired) electrons. The van der Waals surface area contributed by atoms with Crippen molar-refractivity contribution >= 4 is 16.5 Å². The van der Waals surface area contributed by atoms with Crippen LogP contribution in [0.2, 0.25) is 0 Å². The minimum Gasteiger partial charge on any atom is -0.459 e. The van der Waals surface area contributed by atoms with Crippen molar-refractivity contribution < 1.29 is 17.9 Å². The molecule has 0 spiro atoms. The third-order valence-corrected chi connectivity index (χ3v) is 1.75. The molecule has 0 bridgehead atoms. The summed E-state index contributed by atoms with van der Waals surface area (Å²) in [5.74, 6) is -0.363. The van der Waals surface area contributed by atoms with Gasteiger partial charge in [-0.05, 0) is 33.6 Å². The highest BCUT2D eigenvalue weighted by atomic mass is 32.2. The lowest BCUT2D eigenvalue weighted by Crippen LogP contribution is -2.28. The van der Waals surface area contributed by atoms with Gasteiger partial charge in [-0.25, -0.2) is 0 Å². The lowest BCUT2D eigenvalue weighted by molar-refractivity contribution is -0.159. The van der Waals surface area contributed by atoms with Crippen LogP contribution >= 0.6 is 0 Å². The minimum atomic E-state index is -2.61. The van der Waals surface area contributed by atoms with Crippen molar-refractivity contribution in [3.05, 3.63) is 0 Å². The Bertz CT molecular complexity index is 402. The van der Waals surface area contributed by atoms with Gasteiger partial charge in [-0.15, -0.1) is 0 Å². The zero-order valence-electron chi connectivity index (χ0n) is 9.40. The number of rotatable bonds is 1. The van der Waals surface area contributed by atoms with Gasteiger partial charge in [-0.3, -0.25) is 4.79 Å². The standard InChI is InChI=1S/C9H13NO2.HNO2S/c1-8(2,3)12-7(11)9(6-10)4-5-9;1-4(2)3/h4-5H2,1-3H3;1H. The van der Waals surface area contributed by atoms with Gasteiger partial charge in [0, 0.05) is 0 Å². The molecule has 0 aliphatic heterocycles. The van der Waals surface area contributed by atoms with Gasteiger partial charge in [-0.1, -0.05) is 0 Å². The van der Waals surface area contributed by atoms with Crippen LogP contribution in [0.15, 0.2) is 0 Å². The van der Waals surface area contributed by atoms with Gasteiger partial charge in [0.25, 0.3) is 0 Å². The minimum absolute atomic E-state index is 0.363. The Labute approximate surface area is 95.7 Å². The average Bonchev–Trinajstić information content (AvgIpc) is 2.79. The number of carbonyl (C=O) groups is 1. The number of esters is 1. The van der Waals surface area contributed by atoms with Gasteiger partial charge in [0.05, 0.1) is 6.07 Å². The fourth-order valence-electron chi connectivity index (χ4n) is 0.862. The second kappa shape index (κ2) is 5.07. The number of hydrogen-bond acceptors (Lipinski definition) is 6. The van der Waals surface area contributed by atoms with Gasteiger partial charge in [-0.2, -0.15) is 18.5 Å². The molecule has 1 saturated carbocycles. The maximum Gasteiger partial charge on any atom is 0.327 e. The molecule has 1 rings (SSSR count). The van der Waals surface area contributed by atoms with E-state index in [-0.39, 0.29) is 5.97 Å². The number of nitrogens with zero attached hydrogens (tertiary/aromatic N) is 1. The highest BCUT2D eigenvalue weighted by Crippen LogP contribution is 2.46. The molecular formula is C9H14N2O4S. The number of nitriles is 1. The van der Waals surface area contributed by atoms with Gasteiger partial charge in [0.15, 0.2) is 5.41 Å². The Hall–Kier alpha value is -1.42. The molecule has 1 fully saturated rings. The molecule has 0 atom stereocenters. The van der Waals surface area contributed by atoms with E-state index in [2.05, 4.69) is 0 Å². The molecule has 0 saturated heterocycles. The van der Waals surface area contributed by atoms with E-state index in [1.54, 1.807) is 20.8 Å². The second-order valence-electron chi connectivity index (χ2n) is 4.43. The predicted octanol–water partition coefficient (Wildman–Crippen LogP) is 1.26. The lowest BCUT2D eigenvalue weighted by atomic mass is 10.1. The predicted molar refractivity (Wildman–Crippen MR) is 54.8 cm³/mol. The van der Waals surface area contributed by atoms with Crippen molar-refractivity contribution in [2.75, 3.05) is 0 Å². The number of hydrogen-bond donors (Lipinski definition) is 1. The van der Waals surface area contributed by atoms with Crippen molar-refractivity contribution in [1.29, 1.82) is 10.0 Å². The molecular weight excluding hydrogens is 232 g/mol. The lowest BCUT2D eigenvalue weighted by Gasteiger charge is -2.20. The van der Waals surface area contributed by atoms with Crippen LogP contribution in [0.25, 0.3) is 0 Å². The number of ether oxygens (including phenoxy) is 1. The molecule has 6 nitrogen and oxygen atoms in total. The van der Waals surface area contributed by atoms with Gasteiger partial charge in [0.1, 0.15) is 5.60 Å².